The Hall–Kier alpha value is -3.13. The summed E-state index contributed by atoms with van der Waals surface area (Å²) in [6.45, 7) is 20.3. The minimum Gasteiger partial charge on any atom is -0.508 e. The van der Waals surface area contributed by atoms with E-state index in [1.807, 2.05) is 45.0 Å². The standard InChI is InChI=1S/C16H18O3.C13H24O4.C3H6/c1-16(11-19-2,12-3-7-14(17)8-4-12)13-5-9-15(18)10-6-13;1-8(2)10(14)13(5,6)12(16-7)17-11(15)9(3)4;1-3-2/h3-10,17-18H,11H2,1-2H3;8,10,12,14H,3H2,1-2,4-7H3;3H,1H2,2H3. The Morgan fingerprint density at radius 2 is 1.33 bits per heavy atom. The smallest absolute Gasteiger partial charge is 0.335 e. The van der Waals surface area contributed by atoms with Crippen molar-refractivity contribution in [2.75, 3.05) is 20.8 Å². The number of carbonyl (C=O) groups excluding carboxylic acids is 1. The molecule has 2 aromatic carbocycles. The molecule has 0 radical (unpaired) electrons. The van der Waals surface area contributed by atoms with Gasteiger partial charge in [-0.05, 0) is 62.1 Å². The van der Waals surface area contributed by atoms with Crippen LogP contribution in [0.5, 0.6) is 11.5 Å². The van der Waals surface area contributed by atoms with Gasteiger partial charge in [-0.25, -0.2) is 4.79 Å². The summed E-state index contributed by atoms with van der Waals surface area (Å²) >= 11 is 0. The van der Waals surface area contributed by atoms with Gasteiger partial charge in [0.2, 0.25) is 6.29 Å². The normalized spacial score (nSPS) is 12.7. The van der Waals surface area contributed by atoms with Crippen LogP contribution in [0.1, 0.15) is 59.6 Å². The molecule has 0 spiro atoms. The van der Waals surface area contributed by atoms with Crippen molar-refractivity contribution in [3.63, 3.8) is 0 Å². The zero-order valence-corrected chi connectivity index (χ0v) is 25.0. The molecule has 7 heteroatoms. The SMILES string of the molecule is C=C(C)C(=O)OC(OC)C(C)(C)C(O)C(C)C.C=CC.COCC(C)(c1ccc(O)cc1)c1ccc(O)cc1. The Bertz CT molecular complexity index is 962. The van der Waals surface area contributed by atoms with E-state index in [9.17, 15) is 20.1 Å². The van der Waals surface area contributed by atoms with Crippen LogP contribution in [-0.4, -0.2) is 54.5 Å². The van der Waals surface area contributed by atoms with Gasteiger partial charge in [-0.1, -0.05) is 64.6 Å². The fraction of sp³-hybridized carbons (Fsp3) is 0.469. The minimum atomic E-state index is -0.802. The molecule has 0 aliphatic heterocycles. The largest absolute Gasteiger partial charge is 0.508 e. The van der Waals surface area contributed by atoms with E-state index in [1.165, 1.54) is 7.11 Å². The summed E-state index contributed by atoms with van der Waals surface area (Å²) in [7, 11) is 3.12. The maximum atomic E-state index is 11.5. The van der Waals surface area contributed by atoms with Gasteiger partial charge in [0.1, 0.15) is 11.5 Å². The van der Waals surface area contributed by atoms with Gasteiger partial charge in [-0.15, -0.1) is 6.58 Å². The summed E-state index contributed by atoms with van der Waals surface area (Å²) in [5.74, 6) is 0.0236. The second-order valence-corrected chi connectivity index (χ2v) is 10.5. The van der Waals surface area contributed by atoms with Gasteiger partial charge in [0.25, 0.3) is 0 Å². The second kappa shape index (κ2) is 16.7. The van der Waals surface area contributed by atoms with Crippen LogP contribution in [0, 0.1) is 11.3 Å². The van der Waals surface area contributed by atoms with Crippen LogP contribution in [0.4, 0.5) is 0 Å². The zero-order valence-electron chi connectivity index (χ0n) is 25.0. The zero-order chi connectivity index (χ0) is 30.4. The lowest BCUT2D eigenvalue weighted by Crippen LogP contribution is -2.46. The monoisotopic (exact) mass is 544 g/mol. The van der Waals surface area contributed by atoms with Crippen LogP contribution in [-0.2, 0) is 24.4 Å². The van der Waals surface area contributed by atoms with Crippen molar-refractivity contribution in [3.8, 4) is 11.5 Å². The van der Waals surface area contributed by atoms with E-state index in [0.717, 1.165) is 11.1 Å². The van der Waals surface area contributed by atoms with Crippen molar-refractivity contribution in [1.29, 1.82) is 0 Å². The van der Waals surface area contributed by atoms with Crippen molar-refractivity contribution < 1.29 is 34.3 Å². The number of benzene rings is 2. The van der Waals surface area contributed by atoms with Crippen LogP contribution < -0.4 is 0 Å². The van der Waals surface area contributed by atoms with Gasteiger partial charge in [-0.3, -0.25) is 0 Å². The molecule has 218 valence electrons. The number of aliphatic hydroxyl groups excluding tert-OH is 1. The van der Waals surface area contributed by atoms with E-state index in [4.69, 9.17) is 14.2 Å². The molecule has 2 unspecified atom stereocenters. The van der Waals surface area contributed by atoms with E-state index in [1.54, 1.807) is 58.2 Å². The Kier molecular flexibility index (Phi) is 15.4. The molecule has 2 rings (SSSR count). The van der Waals surface area contributed by atoms with Crippen molar-refractivity contribution in [2.24, 2.45) is 11.3 Å². The highest BCUT2D eigenvalue weighted by Gasteiger charge is 2.41. The van der Waals surface area contributed by atoms with Crippen LogP contribution in [0.25, 0.3) is 0 Å². The van der Waals surface area contributed by atoms with E-state index < -0.39 is 23.8 Å². The number of esters is 1. The maximum Gasteiger partial charge on any atom is 0.335 e. The fourth-order valence-corrected chi connectivity index (χ4v) is 3.98. The highest BCUT2D eigenvalue weighted by Crippen LogP contribution is 2.34. The summed E-state index contributed by atoms with van der Waals surface area (Å²) in [6.07, 6.45) is 0.314. The number of ether oxygens (including phenoxy) is 3. The Morgan fingerprint density at radius 3 is 1.62 bits per heavy atom. The molecule has 0 aliphatic rings. The van der Waals surface area contributed by atoms with Gasteiger partial charge in [-0.2, -0.15) is 0 Å². The number of rotatable bonds is 10. The van der Waals surface area contributed by atoms with E-state index in [2.05, 4.69) is 20.1 Å². The average Bonchev–Trinajstić information content (AvgIpc) is 2.88. The first-order chi connectivity index (χ1) is 18.1. The molecule has 0 bridgehead atoms. The topological polar surface area (TPSA) is 105 Å². The average molecular weight is 545 g/mol. The predicted octanol–water partition coefficient (Wildman–Crippen LogP) is 6.36. The molecule has 2 aromatic rings. The molecule has 7 nitrogen and oxygen atoms in total. The highest BCUT2D eigenvalue weighted by atomic mass is 16.7. The number of aromatic hydroxyl groups is 2. The predicted molar refractivity (Wildman–Crippen MR) is 157 cm³/mol. The molecule has 0 saturated carbocycles. The lowest BCUT2D eigenvalue weighted by Gasteiger charge is -2.38. The fourth-order valence-electron chi connectivity index (χ4n) is 3.98. The van der Waals surface area contributed by atoms with Crippen LogP contribution >= 0.6 is 0 Å². The van der Waals surface area contributed by atoms with E-state index in [-0.39, 0.29) is 22.8 Å². The van der Waals surface area contributed by atoms with Crippen molar-refractivity contribution in [2.45, 2.75) is 66.3 Å². The highest BCUT2D eigenvalue weighted by molar-refractivity contribution is 5.87. The molecular formula is C32H48O7. The summed E-state index contributed by atoms with van der Waals surface area (Å²) in [6, 6.07) is 14.2. The number of hydrogen-bond donors (Lipinski definition) is 3. The van der Waals surface area contributed by atoms with Crippen LogP contribution in [0.3, 0.4) is 0 Å². The maximum absolute atomic E-state index is 11.5. The number of methoxy groups -OCH3 is 2. The van der Waals surface area contributed by atoms with Gasteiger partial charge in [0.15, 0.2) is 0 Å². The Morgan fingerprint density at radius 1 is 0.949 bits per heavy atom. The molecule has 0 aromatic heterocycles. The summed E-state index contributed by atoms with van der Waals surface area (Å²) in [4.78, 5) is 11.5. The quantitative estimate of drug-likeness (QED) is 0.138. The molecule has 0 saturated heterocycles. The molecule has 0 amide bonds. The summed E-state index contributed by atoms with van der Waals surface area (Å²) < 4.78 is 15.7. The number of hydrogen-bond acceptors (Lipinski definition) is 7. The molecular weight excluding hydrogens is 496 g/mol. The lowest BCUT2D eigenvalue weighted by molar-refractivity contribution is -0.214. The van der Waals surface area contributed by atoms with Gasteiger partial charge >= 0.3 is 5.97 Å². The molecule has 39 heavy (non-hydrogen) atoms. The molecule has 0 aliphatic carbocycles. The minimum absolute atomic E-state index is 0.0474. The lowest BCUT2D eigenvalue weighted by atomic mass is 9.77. The second-order valence-electron chi connectivity index (χ2n) is 10.5. The Labute approximate surface area is 234 Å². The number of carbonyl (C=O) groups is 1. The third-order valence-electron chi connectivity index (χ3n) is 6.22. The number of aliphatic hydroxyl groups is 1. The third-order valence-corrected chi connectivity index (χ3v) is 6.22. The first-order valence-corrected chi connectivity index (χ1v) is 12.8. The van der Waals surface area contributed by atoms with Gasteiger partial charge in [0, 0.05) is 25.2 Å². The van der Waals surface area contributed by atoms with Crippen LogP contribution in [0.15, 0.2) is 73.3 Å². The number of phenolic OH excluding ortho intramolecular Hbond substituents is 2. The van der Waals surface area contributed by atoms with Crippen molar-refractivity contribution in [1.82, 2.24) is 0 Å². The molecule has 3 N–H and O–H groups in total. The first-order valence-electron chi connectivity index (χ1n) is 12.8. The third kappa shape index (κ3) is 10.9. The number of phenols is 2. The summed E-state index contributed by atoms with van der Waals surface area (Å²) in [5, 5.41) is 28.9. The molecule has 2 atom stereocenters. The van der Waals surface area contributed by atoms with Gasteiger partial charge in [0.05, 0.1) is 18.1 Å². The van der Waals surface area contributed by atoms with Crippen molar-refractivity contribution in [3.05, 3.63) is 84.5 Å². The molecule has 0 heterocycles. The summed E-state index contributed by atoms with van der Waals surface area (Å²) in [5.41, 5.74) is 1.40. The molecule has 0 fully saturated rings. The van der Waals surface area contributed by atoms with E-state index in [0.29, 0.717) is 12.2 Å². The van der Waals surface area contributed by atoms with E-state index >= 15 is 0 Å². The van der Waals surface area contributed by atoms with Crippen molar-refractivity contribution >= 4 is 5.97 Å². The Balaban J connectivity index is 0.000000677. The number of allylic oxidation sites excluding steroid dienone is 1. The van der Waals surface area contributed by atoms with Crippen LogP contribution in [0.2, 0.25) is 0 Å². The first kappa shape index (κ1) is 35.9. The van der Waals surface area contributed by atoms with Gasteiger partial charge < -0.3 is 29.5 Å².